The minimum Gasteiger partial charge on any atom is -0.444 e. The highest BCUT2D eigenvalue weighted by Gasteiger charge is 2.16. The Hall–Kier alpha value is -2.90. The maximum Gasteiger partial charge on any atom is 0.412 e. The number of nitrogens with zero attached hydrogens (tertiary/aromatic N) is 1. The fourth-order valence-electron chi connectivity index (χ4n) is 3.19. The van der Waals surface area contributed by atoms with Crippen molar-refractivity contribution in [2.75, 3.05) is 31.6 Å². The number of carbonyl (C=O) groups is 2. The third-order valence-corrected chi connectivity index (χ3v) is 4.78. The molecule has 1 heterocycles. The summed E-state index contributed by atoms with van der Waals surface area (Å²) in [6, 6.07) is 15.0. The van der Waals surface area contributed by atoms with Crippen LogP contribution in [0, 0.1) is 0 Å². The van der Waals surface area contributed by atoms with Crippen LogP contribution in [-0.4, -0.2) is 48.8 Å². The Morgan fingerprint density at radius 2 is 1.58 bits per heavy atom. The minimum absolute atomic E-state index is 0.166. The molecule has 1 aliphatic rings. The number of carbonyl (C=O) groups excluding carboxylic acids is 2. The van der Waals surface area contributed by atoms with Crippen LogP contribution in [0.2, 0.25) is 0 Å². The first-order valence-electron chi connectivity index (χ1n) is 10.5. The number of amides is 2. The Balaban J connectivity index is 1.46. The fraction of sp³-hybridized carbons (Fsp3) is 0.417. The molecule has 0 unspecified atom stereocenters. The van der Waals surface area contributed by atoms with Gasteiger partial charge in [-0.3, -0.25) is 15.0 Å². The van der Waals surface area contributed by atoms with Gasteiger partial charge in [0.1, 0.15) is 5.60 Å². The normalized spacial score (nSPS) is 14.7. The number of benzene rings is 2. The summed E-state index contributed by atoms with van der Waals surface area (Å²) in [6.07, 6.45) is -0.526. The Morgan fingerprint density at radius 3 is 2.19 bits per heavy atom. The summed E-state index contributed by atoms with van der Waals surface area (Å²) in [7, 11) is 0. The smallest absolute Gasteiger partial charge is 0.412 e. The Kier molecular flexibility index (Phi) is 7.65. The molecule has 166 valence electrons. The highest BCUT2D eigenvalue weighted by atomic mass is 16.6. The van der Waals surface area contributed by atoms with Crippen LogP contribution in [0.15, 0.2) is 48.5 Å². The van der Waals surface area contributed by atoms with Gasteiger partial charge in [-0.05, 0) is 56.2 Å². The largest absolute Gasteiger partial charge is 0.444 e. The quantitative estimate of drug-likeness (QED) is 0.736. The first-order valence-corrected chi connectivity index (χ1v) is 10.5. The minimum atomic E-state index is -0.565. The molecule has 0 saturated carbocycles. The SMILES string of the molecule is CC(C)(C)OC(=O)Nc1ccc(C(=O)NCc2ccc(CN3CCOCC3)cc2)cc1. The number of morpholine rings is 1. The van der Waals surface area contributed by atoms with Crippen LogP contribution in [0.5, 0.6) is 0 Å². The molecule has 2 amide bonds. The molecule has 0 aromatic heterocycles. The fourth-order valence-corrected chi connectivity index (χ4v) is 3.19. The van der Waals surface area contributed by atoms with Gasteiger partial charge in [-0.25, -0.2) is 4.79 Å². The van der Waals surface area contributed by atoms with E-state index in [4.69, 9.17) is 9.47 Å². The van der Waals surface area contributed by atoms with Crippen molar-refractivity contribution >= 4 is 17.7 Å². The monoisotopic (exact) mass is 425 g/mol. The van der Waals surface area contributed by atoms with E-state index in [0.29, 0.717) is 17.8 Å². The van der Waals surface area contributed by atoms with Gasteiger partial charge in [-0.1, -0.05) is 24.3 Å². The molecule has 0 aliphatic carbocycles. The second-order valence-corrected chi connectivity index (χ2v) is 8.59. The zero-order chi connectivity index (χ0) is 22.3. The van der Waals surface area contributed by atoms with Gasteiger partial charge in [-0.2, -0.15) is 0 Å². The zero-order valence-corrected chi connectivity index (χ0v) is 18.4. The summed E-state index contributed by atoms with van der Waals surface area (Å²) in [5.74, 6) is -0.166. The molecule has 1 aliphatic heterocycles. The van der Waals surface area contributed by atoms with Crippen molar-refractivity contribution in [3.63, 3.8) is 0 Å². The van der Waals surface area contributed by atoms with E-state index in [9.17, 15) is 9.59 Å². The molecule has 7 nitrogen and oxygen atoms in total. The molecule has 0 radical (unpaired) electrons. The van der Waals surface area contributed by atoms with Crippen molar-refractivity contribution in [2.45, 2.75) is 39.5 Å². The standard InChI is InChI=1S/C24H31N3O4/c1-24(2,3)31-23(29)26-21-10-8-20(9-11-21)22(28)25-16-18-4-6-19(7-5-18)17-27-12-14-30-15-13-27/h4-11H,12-17H2,1-3H3,(H,25,28)(H,26,29). The molecular formula is C24H31N3O4. The van der Waals surface area contributed by atoms with Gasteiger partial charge in [0.15, 0.2) is 0 Å². The van der Waals surface area contributed by atoms with Gasteiger partial charge >= 0.3 is 6.09 Å². The molecule has 0 bridgehead atoms. The van der Waals surface area contributed by atoms with Crippen molar-refractivity contribution < 1.29 is 19.1 Å². The first-order chi connectivity index (χ1) is 14.8. The van der Waals surface area contributed by atoms with E-state index in [-0.39, 0.29) is 5.91 Å². The lowest BCUT2D eigenvalue weighted by Crippen LogP contribution is -2.35. The summed E-state index contributed by atoms with van der Waals surface area (Å²) in [5, 5.41) is 5.58. The van der Waals surface area contributed by atoms with Crippen LogP contribution >= 0.6 is 0 Å². The van der Waals surface area contributed by atoms with Gasteiger partial charge in [-0.15, -0.1) is 0 Å². The predicted octanol–water partition coefficient (Wildman–Crippen LogP) is 3.80. The van der Waals surface area contributed by atoms with E-state index in [2.05, 4.69) is 27.7 Å². The zero-order valence-electron chi connectivity index (χ0n) is 18.4. The van der Waals surface area contributed by atoms with Crippen LogP contribution < -0.4 is 10.6 Å². The summed E-state index contributed by atoms with van der Waals surface area (Å²) >= 11 is 0. The van der Waals surface area contributed by atoms with Crippen LogP contribution in [0.4, 0.5) is 10.5 Å². The third-order valence-electron chi connectivity index (χ3n) is 4.78. The highest BCUT2D eigenvalue weighted by Crippen LogP contribution is 2.14. The van der Waals surface area contributed by atoms with Gasteiger partial charge in [0.2, 0.25) is 0 Å². The molecule has 2 aromatic rings. The number of rotatable bonds is 6. The van der Waals surface area contributed by atoms with E-state index < -0.39 is 11.7 Å². The van der Waals surface area contributed by atoms with Crippen molar-refractivity contribution in [3.05, 3.63) is 65.2 Å². The molecule has 0 spiro atoms. The molecule has 0 atom stereocenters. The van der Waals surface area contributed by atoms with E-state index in [1.54, 1.807) is 45.0 Å². The number of hydrogen-bond donors (Lipinski definition) is 2. The maximum atomic E-state index is 12.4. The molecule has 2 N–H and O–H groups in total. The average Bonchev–Trinajstić information content (AvgIpc) is 2.73. The van der Waals surface area contributed by atoms with Crippen LogP contribution in [-0.2, 0) is 22.6 Å². The summed E-state index contributed by atoms with van der Waals surface area (Å²) in [4.78, 5) is 26.6. The average molecular weight is 426 g/mol. The van der Waals surface area contributed by atoms with E-state index in [1.807, 2.05) is 12.1 Å². The second-order valence-electron chi connectivity index (χ2n) is 8.59. The second kappa shape index (κ2) is 10.4. The Bertz CT molecular complexity index is 867. The molecule has 1 fully saturated rings. The summed E-state index contributed by atoms with van der Waals surface area (Å²) < 4.78 is 10.6. The number of hydrogen-bond acceptors (Lipinski definition) is 5. The van der Waals surface area contributed by atoms with Gasteiger partial charge < -0.3 is 14.8 Å². The Labute approximate surface area is 183 Å². The predicted molar refractivity (Wildman–Crippen MR) is 120 cm³/mol. The van der Waals surface area contributed by atoms with E-state index in [1.165, 1.54) is 5.56 Å². The lowest BCUT2D eigenvalue weighted by Gasteiger charge is -2.26. The summed E-state index contributed by atoms with van der Waals surface area (Å²) in [6.45, 7) is 10.3. The van der Waals surface area contributed by atoms with Crippen molar-refractivity contribution in [2.24, 2.45) is 0 Å². The number of anilines is 1. The van der Waals surface area contributed by atoms with Crippen LogP contribution in [0.1, 0.15) is 42.3 Å². The van der Waals surface area contributed by atoms with E-state index in [0.717, 1.165) is 38.4 Å². The highest BCUT2D eigenvalue weighted by molar-refractivity contribution is 5.95. The third kappa shape index (κ3) is 7.70. The number of ether oxygens (including phenoxy) is 2. The topological polar surface area (TPSA) is 79.9 Å². The van der Waals surface area contributed by atoms with E-state index >= 15 is 0 Å². The van der Waals surface area contributed by atoms with Crippen LogP contribution in [0.25, 0.3) is 0 Å². The molecule has 31 heavy (non-hydrogen) atoms. The summed E-state index contributed by atoms with van der Waals surface area (Å²) in [5.41, 5.74) is 2.83. The van der Waals surface area contributed by atoms with Gasteiger partial charge in [0, 0.05) is 37.4 Å². The van der Waals surface area contributed by atoms with Crippen molar-refractivity contribution in [3.8, 4) is 0 Å². The number of nitrogens with one attached hydrogen (secondary N) is 2. The van der Waals surface area contributed by atoms with Crippen molar-refractivity contribution in [1.82, 2.24) is 10.2 Å². The molecule has 2 aromatic carbocycles. The molecular weight excluding hydrogens is 394 g/mol. The molecule has 1 saturated heterocycles. The maximum absolute atomic E-state index is 12.4. The molecule has 3 rings (SSSR count). The molecule has 7 heteroatoms. The van der Waals surface area contributed by atoms with Gasteiger partial charge in [0.25, 0.3) is 5.91 Å². The lowest BCUT2D eigenvalue weighted by atomic mass is 10.1. The van der Waals surface area contributed by atoms with Crippen LogP contribution in [0.3, 0.4) is 0 Å². The lowest BCUT2D eigenvalue weighted by molar-refractivity contribution is 0.0342. The van der Waals surface area contributed by atoms with Gasteiger partial charge in [0.05, 0.1) is 13.2 Å². The Morgan fingerprint density at radius 1 is 0.968 bits per heavy atom. The first kappa shape index (κ1) is 22.8. The van der Waals surface area contributed by atoms with Crippen molar-refractivity contribution in [1.29, 1.82) is 0 Å².